The van der Waals surface area contributed by atoms with Gasteiger partial charge in [-0.2, -0.15) is 0 Å². The lowest BCUT2D eigenvalue weighted by atomic mass is 9.88. The number of nitrogens with zero attached hydrogens (tertiary/aromatic N) is 1. The topological polar surface area (TPSA) is 63.2 Å². The Morgan fingerprint density at radius 2 is 2.15 bits per heavy atom. The van der Waals surface area contributed by atoms with Crippen molar-refractivity contribution in [1.82, 2.24) is 15.6 Å². The van der Waals surface area contributed by atoms with Crippen molar-refractivity contribution in [2.75, 3.05) is 20.2 Å². The number of nitrogens with one attached hydrogen (secondary N) is 2. The average molecular weight is 416 g/mol. The molecule has 0 spiro atoms. The monoisotopic (exact) mass is 415 g/mol. The number of hydrogen-bond acceptors (Lipinski definition) is 5. The van der Waals surface area contributed by atoms with E-state index in [2.05, 4.69) is 15.6 Å². The Morgan fingerprint density at radius 3 is 2.73 bits per heavy atom. The van der Waals surface area contributed by atoms with Crippen molar-refractivity contribution >= 4 is 41.3 Å². The molecule has 1 unspecified atom stereocenters. The predicted octanol–water partition coefficient (Wildman–Crippen LogP) is 4.09. The van der Waals surface area contributed by atoms with Crippen molar-refractivity contribution in [3.63, 3.8) is 0 Å². The van der Waals surface area contributed by atoms with Gasteiger partial charge in [0.15, 0.2) is 0 Å². The molecule has 0 radical (unpaired) electrons. The molecule has 0 saturated carbocycles. The van der Waals surface area contributed by atoms with Crippen LogP contribution in [0.2, 0.25) is 4.34 Å². The number of ether oxygens (including phenoxy) is 1. The lowest BCUT2D eigenvalue weighted by Crippen LogP contribution is -2.33. The second kappa shape index (κ2) is 10.1. The molecule has 8 heteroatoms. The van der Waals surface area contributed by atoms with E-state index < -0.39 is 0 Å². The Bertz CT molecular complexity index is 703. The molecule has 1 fully saturated rings. The second-order valence-electron chi connectivity index (χ2n) is 6.19. The van der Waals surface area contributed by atoms with E-state index in [-0.39, 0.29) is 24.4 Å². The molecule has 5 nitrogen and oxygen atoms in total. The highest BCUT2D eigenvalue weighted by Gasteiger charge is 2.23. The summed E-state index contributed by atoms with van der Waals surface area (Å²) in [5, 5.41) is 6.54. The quantitative estimate of drug-likeness (QED) is 0.745. The number of thiophene rings is 1. The number of piperidine rings is 1. The fourth-order valence-electron chi connectivity index (χ4n) is 3.11. The molecule has 1 saturated heterocycles. The summed E-state index contributed by atoms with van der Waals surface area (Å²) >= 11 is 7.25. The molecule has 1 aliphatic heterocycles. The van der Waals surface area contributed by atoms with Gasteiger partial charge in [-0.15, -0.1) is 23.7 Å². The van der Waals surface area contributed by atoms with Gasteiger partial charge in [0.25, 0.3) is 5.91 Å². The highest BCUT2D eigenvalue weighted by Crippen LogP contribution is 2.28. The summed E-state index contributed by atoms with van der Waals surface area (Å²) in [5.74, 6) is 1.06. The standard InChI is InChI=1S/C18H22ClN3O2S.ClH/c1-24-17-5-2-13(11-21-17)14(10-12-6-8-20-9-7-12)22-18(23)15-3-4-16(19)25-15;/h2-5,11-12,14,20H,6-10H2,1H3,(H,22,23);1H. The number of hydrogen-bond donors (Lipinski definition) is 2. The Labute approximate surface area is 168 Å². The van der Waals surface area contributed by atoms with Crippen LogP contribution in [-0.2, 0) is 0 Å². The molecule has 1 atom stereocenters. The first-order valence-corrected chi connectivity index (χ1v) is 9.62. The van der Waals surface area contributed by atoms with E-state index in [4.69, 9.17) is 16.3 Å². The number of rotatable bonds is 6. The van der Waals surface area contributed by atoms with Gasteiger partial charge in [0.05, 0.1) is 22.4 Å². The Morgan fingerprint density at radius 1 is 1.38 bits per heavy atom. The van der Waals surface area contributed by atoms with Gasteiger partial charge in [-0.1, -0.05) is 17.7 Å². The van der Waals surface area contributed by atoms with Crippen molar-refractivity contribution < 1.29 is 9.53 Å². The molecule has 2 N–H and O–H groups in total. The molecule has 2 aromatic rings. The van der Waals surface area contributed by atoms with Gasteiger partial charge in [0.2, 0.25) is 5.88 Å². The van der Waals surface area contributed by atoms with Gasteiger partial charge in [-0.25, -0.2) is 4.98 Å². The Balaban J connectivity index is 0.00000243. The van der Waals surface area contributed by atoms with Crippen LogP contribution in [0, 0.1) is 5.92 Å². The van der Waals surface area contributed by atoms with Gasteiger partial charge in [0.1, 0.15) is 0 Å². The fourth-order valence-corrected chi connectivity index (χ4v) is 4.06. The van der Waals surface area contributed by atoms with Crippen molar-refractivity contribution in [1.29, 1.82) is 0 Å². The van der Waals surface area contributed by atoms with Gasteiger partial charge >= 0.3 is 0 Å². The van der Waals surface area contributed by atoms with Gasteiger partial charge in [-0.05, 0) is 56.0 Å². The lowest BCUT2D eigenvalue weighted by molar-refractivity contribution is 0.0933. The number of amides is 1. The first kappa shape index (κ1) is 21.0. The minimum atomic E-state index is -0.0911. The van der Waals surface area contributed by atoms with Crippen LogP contribution in [0.3, 0.4) is 0 Å². The van der Waals surface area contributed by atoms with Crippen LogP contribution in [0.4, 0.5) is 0 Å². The number of carbonyl (C=O) groups is 1. The molecule has 3 rings (SSSR count). The van der Waals surface area contributed by atoms with E-state index in [0.29, 0.717) is 21.0 Å². The maximum absolute atomic E-state index is 12.6. The first-order valence-electron chi connectivity index (χ1n) is 8.42. The van der Waals surface area contributed by atoms with Gasteiger partial charge in [-0.3, -0.25) is 4.79 Å². The van der Waals surface area contributed by atoms with Crippen molar-refractivity contribution in [3.05, 3.63) is 45.2 Å². The van der Waals surface area contributed by atoms with E-state index in [0.717, 1.165) is 37.9 Å². The molecule has 3 heterocycles. The highest BCUT2D eigenvalue weighted by molar-refractivity contribution is 7.18. The maximum Gasteiger partial charge on any atom is 0.261 e. The van der Waals surface area contributed by atoms with Crippen molar-refractivity contribution in [2.45, 2.75) is 25.3 Å². The minimum absolute atomic E-state index is 0. The maximum atomic E-state index is 12.6. The summed E-state index contributed by atoms with van der Waals surface area (Å²) < 4.78 is 5.75. The lowest BCUT2D eigenvalue weighted by Gasteiger charge is -2.27. The van der Waals surface area contributed by atoms with E-state index in [1.54, 1.807) is 25.4 Å². The number of methoxy groups -OCH3 is 1. The average Bonchev–Trinajstić information content (AvgIpc) is 3.09. The van der Waals surface area contributed by atoms with Crippen LogP contribution in [0.25, 0.3) is 0 Å². The molecule has 0 aliphatic carbocycles. The third kappa shape index (κ3) is 5.58. The molecule has 142 valence electrons. The third-order valence-corrected chi connectivity index (χ3v) is 5.73. The molecule has 26 heavy (non-hydrogen) atoms. The zero-order valence-corrected chi connectivity index (χ0v) is 16.9. The molecule has 0 aromatic carbocycles. The summed E-state index contributed by atoms with van der Waals surface area (Å²) in [7, 11) is 1.59. The first-order chi connectivity index (χ1) is 12.2. The highest BCUT2D eigenvalue weighted by atomic mass is 35.5. The number of halogens is 2. The van der Waals surface area contributed by atoms with Crippen molar-refractivity contribution in [2.24, 2.45) is 5.92 Å². The minimum Gasteiger partial charge on any atom is -0.481 e. The molecular formula is C18H23Cl2N3O2S. The van der Waals surface area contributed by atoms with E-state index in [9.17, 15) is 4.79 Å². The van der Waals surface area contributed by atoms with Crippen LogP contribution in [0.1, 0.15) is 40.5 Å². The molecular weight excluding hydrogens is 393 g/mol. The Hall–Kier alpha value is -1.34. The summed E-state index contributed by atoms with van der Waals surface area (Å²) in [6, 6.07) is 7.24. The van der Waals surface area contributed by atoms with Crippen molar-refractivity contribution in [3.8, 4) is 5.88 Å². The molecule has 2 aromatic heterocycles. The van der Waals surface area contributed by atoms with Crippen LogP contribution < -0.4 is 15.4 Å². The summed E-state index contributed by atoms with van der Waals surface area (Å²) in [6.07, 6.45) is 4.94. The zero-order chi connectivity index (χ0) is 17.6. The fraction of sp³-hybridized carbons (Fsp3) is 0.444. The van der Waals surface area contributed by atoms with E-state index >= 15 is 0 Å². The molecule has 1 amide bonds. The smallest absolute Gasteiger partial charge is 0.261 e. The van der Waals surface area contributed by atoms with Gasteiger partial charge < -0.3 is 15.4 Å². The van der Waals surface area contributed by atoms with E-state index in [1.807, 2.05) is 12.1 Å². The zero-order valence-electron chi connectivity index (χ0n) is 14.5. The summed E-state index contributed by atoms with van der Waals surface area (Å²) in [4.78, 5) is 17.5. The second-order valence-corrected chi connectivity index (χ2v) is 7.91. The van der Waals surface area contributed by atoms with Crippen LogP contribution in [-0.4, -0.2) is 31.1 Å². The van der Waals surface area contributed by atoms with Gasteiger partial charge in [0, 0.05) is 12.3 Å². The van der Waals surface area contributed by atoms with Crippen LogP contribution >= 0.6 is 35.3 Å². The number of aromatic nitrogens is 1. The normalized spacial score (nSPS) is 15.8. The third-order valence-electron chi connectivity index (χ3n) is 4.50. The predicted molar refractivity (Wildman–Crippen MR) is 108 cm³/mol. The van der Waals surface area contributed by atoms with E-state index in [1.165, 1.54) is 11.3 Å². The summed E-state index contributed by atoms with van der Waals surface area (Å²) in [5.41, 5.74) is 0.996. The molecule has 1 aliphatic rings. The van der Waals surface area contributed by atoms with Crippen LogP contribution in [0.5, 0.6) is 5.88 Å². The Kier molecular flexibility index (Phi) is 8.15. The summed E-state index contributed by atoms with van der Waals surface area (Å²) in [6.45, 7) is 2.07. The molecule has 0 bridgehead atoms. The van der Waals surface area contributed by atoms with Crippen LogP contribution in [0.15, 0.2) is 30.5 Å². The SMILES string of the molecule is COc1ccc(C(CC2CCNCC2)NC(=O)c2ccc(Cl)s2)cn1.Cl. The largest absolute Gasteiger partial charge is 0.481 e. The number of pyridine rings is 1. The number of carbonyl (C=O) groups excluding carboxylic acids is 1.